The number of carboxylic acids is 1. The number of carbonyl (C=O) groups is 1. The van der Waals surface area contributed by atoms with Crippen LogP contribution in [0.3, 0.4) is 0 Å². The molecule has 1 N–H and O–H groups in total. The zero-order chi connectivity index (χ0) is 10.9. The second kappa shape index (κ2) is 4.04. The lowest BCUT2D eigenvalue weighted by Crippen LogP contribution is -2.10. The molecule has 0 heterocycles. The summed E-state index contributed by atoms with van der Waals surface area (Å²) in [6, 6.07) is 2.54. The van der Waals surface area contributed by atoms with Gasteiger partial charge < -0.3 is 5.11 Å². The first-order valence-electron chi connectivity index (χ1n) is 3.81. The normalized spacial score (nSPS) is 12.6. The van der Waals surface area contributed by atoms with Gasteiger partial charge in [-0.2, -0.15) is 0 Å². The van der Waals surface area contributed by atoms with Gasteiger partial charge in [-0.25, -0.2) is 8.78 Å². The Morgan fingerprint density at radius 1 is 1.43 bits per heavy atom. The molecule has 1 aromatic rings. The van der Waals surface area contributed by atoms with Gasteiger partial charge in [0, 0.05) is 5.56 Å². The van der Waals surface area contributed by atoms with Crippen LogP contribution in [0.1, 0.15) is 18.4 Å². The summed E-state index contributed by atoms with van der Waals surface area (Å²) in [7, 11) is 0. The van der Waals surface area contributed by atoms with Crippen LogP contribution < -0.4 is 0 Å². The van der Waals surface area contributed by atoms with Crippen molar-refractivity contribution in [1.82, 2.24) is 0 Å². The monoisotopic (exact) mass is 264 g/mol. The number of hydrogen-bond donors (Lipinski definition) is 1. The minimum Gasteiger partial charge on any atom is -0.481 e. The first-order chi connectivity index (χ1) is 6.45. The minimum absolute atomic E-state index is 0.0173. The van der Waals surface area contributed by atoms with E-state index in [1.807, 2.05) is 0 Å². The molecule has 0 aliphatic heterocycles. The number of halogens is 3. The molecule has 0 amide bonds. The van der Waals surface area contributed by atoms with Gasteiger partial charge in [0.1, 0.15) is 0 Å². The summed E-state index contributed by atoms with van der Waals surface area (Å²) in [5.41, 5.74) is -0.154. The maximum absolute atomic E-state index is 13.2. The smallest absolute Gasteiger partial charge is 0.310 e. The van der Waals surface area contributed by atoms with Crippen molar-refractivity contribution >= 4 is 21.9 Å². The van der Waals surface area contributed by atoms with Crippen LogP contribution in [0.4, 0.5) is 8.78 Å². The molecule has 0 saturated heterocycles. The van der Waals surface area contributed by atoms with Crippen LogP contribution in [-0.4, -0.2) is 11.1 Å². The van der Waals surface area contributed by atoms with E-state index in [9.17, 15) is 13.6 Å². The van der Waals surface area contributed by atoms with Crippen LogP contribution in [0.15, 0.2) is 16.6 Å². The van der Waals surface area contributed by atoms with E-state index < -0.39 is 23.5 Å². The summed E-state index contributed by atoms with van der Waals surface area (Å²) < 4.78 is 26.2. The van der Waals surface area contributed by atoms with Gasteiger partial charge in [-0.1, -0.05) is 6.07 Å². The summed E-state index contributed by atoms with van der Waals surface area (Å²) in [5, 5.41) is 8.62. The third kappa shape index (κ3) is 1.92. The van der Waals surface area contributed by atoms with Gasteiger partial charge in [0.25, 0.3) is 0 Å². The van der Waals surface area contributed by atoms with Crippen molar-refractivity contribution in [2.75, 3.05) is 0 Å². The van der Waals surface area contributed by atoms with Gasteiger partial charge in [-0.05, 0) is 28.9 Å². The highest BCUT2D eigenvalue weighted by atomic mass is 79.9. The molecule has 76 valence electrons. The maximum atomic E-state index is 13.2. The maximum Gasteiger partial charge on any atom is 0.310 e. The quantitative estimate of drug-likeness (QED) is 0.835. The minimum atomic E-state index is -1.19. The first-order valence-corrected chi connectivity index (χ1v) is 4.60. The average molecular weight is 265 g/mol. The zero-order valence-corrected chi connectivity index (χ0v) is 8.81. The molecular weight excluding hydrogens is 258 g/mol. The van der Waals surface area contributed by atoms with E-state index in [0.717, 1.165) is 0 Å². The van der Waals surface area contributed by atoms with Crippen molar-refractivity contribution < 1.29 is 18.7 Å². The number of benzene rings is 1. The fourth-order valence-electron chi connectivity index (χ4n) is 1.01. The lowest BCUT2D eigenvalue weighted by Gasteiger charge is -2.08. The molecule has 0 aliphatic rings. The van der Waals surface area contributed by atoms with Gasteiger partial charge in [-0.15, -0.1) is 0 Å². The molecule has 0 aromatic heterocycles. The standard InChI is InChI=1S/C9H7BrF2O2/c1-4(9(13)14)5-2-3-6(10)8(12)7(5)11/h2-4H,1H3,(H,13,14). The molecule has 14 heavy (non-hydrogen) atoms. The third-order valence-electron chi connectivity index (χ3n) is 1.90. The molecule has 1 unspecified atom stereocenters. The summed E-state index contributed by atoms with van der Waals surface area (Å²) in [4.78, 5) is 10.5. The highest BCUT2D eigenvalue weighted by Crippen LogP contribution is 2.26. The molecule has 0 radical (unpaired) electrons. The fourth-order valence-corrected chi connectivity index (χ4v) is 1.31. The second-order valence-corrected chi connectivity index (χ2v) is 3.68. The highest BCUT2D eigenvalue weighted by Gasteiger charge is 2.21. The molecule has 0 spiro atoms. The van der Waals surface area contributed by atoms with Crippen LogP contribution in [-0.2, 0) is 4.79 Å². The van der Waals surface area contributed by atoms with Crippen LogP contribution >= 0.6 is 15.9 Å². The topological polar surface area (TPSA) is 37.3 Å². The lowest BCUT2D eigenvalue weighted by molar-refractivity contribution is -0.138. The Morgan fingerprint density at radius 2 is 2.00 bits per heavy atom. The van der Waals surface area contributed by atoms with E-state index in [4.69, 9.17) is 5.11 Å². The largest absolute Gasteiger partial charge is 0.481 e. The predicted molar refractivity (Wildman–Crippen MR) is 50.1 cm³/mol. The Labute approximate surface area is 87.7 Å². The van der Waals surface area contributed by atoms with Crippen molar-refractivity contribution in [3.05, 3.63) is 33.8 Å². The summed E-state index contributed by atoms with van der Waals surface area (Å²) >= 11 is 2.80. The summed E-state index contributed by atoms with van der Waals surface area (Å²) in [6.07, 6.45) is 0. The molecule has 0 bridgehead atoms. The van der Waals surface area contributed by atoms with Gasteiger partial charge in [0.2, 0.25) is 0 Å². The van der Waals surface area contributed by atoms with E-state index in [-0.39, 0.29) is 10.0 Å². The number of aliphatic carboxylic acids is 1. The van der Waals surface area contributed by atoms with Gasteiger partial charge >= 0.3 is 5.97 Å². The van der Waals surface area contributed by atoms with E-state index in [1.165, 1.54) is 19.1 Å². The first kappa shape index (κ1) is 11.1. The molecular formula is C9H7BrF2O2. The van der Waals surface area contributed by atoms with Crippen molar-refractivity contribution in [2.45, 2.75) is 12.8 Å². The molecule has 2 nitrogen and oxygen atoms in total. The summed E-state index contributed by atoms with van der Waals surface area (Å²) in [5.74, 6) is -4.42. The van der Waals surface area contributed by atoms with Gasteiger partial charge in [0.15, 0.2) is 11.6 Å². The van der Waals surface area contributed by atoms with E-state index in [1.54, 1.807) is 0 Å². The van der Waals surface area contributed by atoms with Crippen molar-refractivity contribution in [2.24, 2.45) is 0 Å². The van der Waals surface area contributed by atoms with Gasteiger partial charge in [0.05, 0.1) is 10.4 Å². The van der Waals surface area contributed by atoms with E-state index >= 15 is 0 Å². The Kier molecular flexibility index (Phi) is 3.21. The number of hydrogen-bond acceptors (Lipinski definition) is 1. The Balaban J connectivity index is 3.24. The summed E-state index contributed by atoms with van der Waals surface area (Å²) in [6.45, 7) is 1.30. The molecule has 5 heteroatoms. The van der Waals surface area contributed by atoms with Crippen LogP contribution in [0.25, 0.3) is 0 Å². The van der Waals surface area contributed by atoms with E-state index in [2.05, 4.69) is 15.9 Å². The van der Waals surface area contributed by atoms with E-state index in [0.29, 0.717) is 0 Å². The fraction of sp³-hybridized carbons (Fsp3) is 0.222. The molecule has 1 aromatic carbocycles. The molecule has 1 rings (SSSR count). The number of rotatable bonds is 2. The van der Waals surface area contributed by atoms with Crippen LogP contribution in [0.5, 0.6) is 0 Å². The Hall–Kier alpha value is -0.970. The highest BCUT2D eigenvalue weighted by molar-refractivity contribution is 9.10. The average Bonchev–Trinajstić information content (AvgIpc) is 2.13. The Bertz CT molecular complexity index is 379. The zero-order valence-electron chi connectivity index (χ0n) is 7.22. The molecule has 0 saturated carbocycles. The molecule has 0 aliphatic carbocycles. The Morgan fingerprint density at radius 3 is 2.50 bits per heavy atom. The van der Waals surface area contributed by atoms with Crippen molar-refractivity contribution in [1.29, 1.82) is 0 Å². The predicted octanol–water partition coefficient (Wildman–Crippen LogP) is 2.92. The third-order valence-corrected chi connectivity index (χ3v) is 2.51. The van der Waals surface area contributed by atoms with Gasteiger partial charge in [-0.3, -0.25) is 4.79 Å². The molecule has 1 atom stereocenters. The second-order valence-electron chi connectivity index (χ2n) is 2.82. The SMILES string of the molecule is CC(C(=O)O)c1ccc(Br)c(F)c1F. The van der Waals surface area contributed by atoms with Crippen LogP contribution in [0, 0.1) is 11.6 Å². The lowest BCUT2D eigenvalue weighted by atomic mass is 10.0. The van der Waals surface area contributed by atoms with Crippen molar-refractivity contribution in [3.8, 4) is 0 Å². The van der Waals surface area contributed by atoms with Crippen molar-refractivity contribution in [3.63, 3.8) is 0 Å². The van der Waals surface area contributed by atoms with Crippen LogP contribution in [0.2, 0.25) is 0 Å². The number of carboxylic acid groups (broad SMARTS) is 1. The molecule has 0 fully saturated rings.